The zero-order valence-corrected chi connectivity index (χ0v) is 16.2. The van der Waals surface area contributed by atoms with Crippen LogP contribution in [0.1, 0.15) is 13.3 Å². The lowest BCUT2D eigenvalue weighted by atomic mass is 10.3. The highest BCUT2D eigenvalue weighted by atomic mass is 127. The van der Waals surface area contributed by atoms with E-state index in [1.807, 2.05) is 12.5 Å². The second kappa shape index (κ2) is 12.5. The van der Waals surface area contributed by atoms with Crippen LogP contribution >= 0.6 is 24.0 Å². The van der Waals surface area contributed by atoms with Crippen LogP contribution in [0.25, 0.3) is 0 Å². The third-order valence-corrected chi connectivity index (χ3v) is 3.57. The highest BCUT2D eigenvalue weighted by molar-refractivity contribution is 14.0. The molecule has 132 valence electrons. The van der Waals surface area contributed by atoms with Crippen LogP contribution in [0.4, 0.5) is 0 Å². The SMILES string of the molecule is CCNC(=NCCCN1CCOCC1)NCCn1ccnc1.I. The van der Waals surface area contributed by atoms with Crippen molar-refractivity contribution in [3.63, 3.8) is 0 Å². The largest absolute Gasteiger partial charge is 0.379 e. The van der Waals surface area contributed by atoms with E-state index in [0.29, 0.717) is 0 Å². The van der Waals surface area contributed by atoms with Crippen molar-refractivity contribution in [3.05, 3.63) is 18.7 Å². The van der Waals surface area contributed by atoms with Crippen molar-refractivity contribution in [2.24, 2.45) is 4.99 Å². The van der Waals surface area contributed by atoms with Gasteiger partial charge in [-0.15, -0.1) is 24.0 Å². The Hall–Kier alpha value is -0.870. The van der Waals surface area contributed by atoms with Gasteiger partial charge in [0.1, 0.15) is 0 Å². The summed E-state index contributed by atoms with van der Waals surface area (Å²) in [5, 5.41) is 6.64. The van der Waals surface area contributed by atoms with Crippen molar-refractivity contribution < 1.29 is 4.74 Å². The average Bonchev–Trinajstić information content (AvgIpc) is 3.06. The maximum atomic E-state index is 5.36. The molecule has 0 spiro atoms. The van der Waals surface area contributed by atoms with E-state index < -0.39 is 0 Å². The molecule has 2 N–H and O–H groups in total. The molecule has 1 fully saturated rings. The van der Waals surface area contributed by atoms with E-state index in [1.165, 1.54) is 0 Å². The Morgan fingerprint density at radius 3 is 2.78 bits per heavy atom. The molecule has 1 aliphatic heterocycles. The van der Waals surface area contributed by atoms with Crippen LogP contribution in [0, 0.1) is 0 Å². The van der Waals surface area contributed by atoms with E-state index in [-0.39, 0.29) is 24.0 Å². The van der Waals surface area contributed by atoms with Crippen LogP contribution in [-0.2, 0) is 11.3 Å². The van der Waals surface area contributed by atoms with Crippen LogP contribution in [0.3, 0.4) is 0 Å². The zero-order chi connectivity index (χ0) is 15.5. The Balaban J connectivity index is 0.00000264. The van der Waals surface area contributed by atoms with Crippen molar-refractivity contribution in [2.45, 2.75) is 19.9 Å². The van der Waals surface area contributed by atoms with Gasteiger partial charge in [0.2, 0.25) is 0 Å². The summed E-state index contributed by atoms with van der Waals surface area (Å²) in [5.41, 5.74) is 0. The molecule has 0 bridgehead atoms. The quantitative estimate of drug-likeness (QED) is 0.273. The molecule has 1 aromatic rings. The van der Waals surface area contributed by atoms with Gasteiger partial charge in [-0.1, -0.05) is 0 Å². The first kappa shape index (κ1) is 20.2. The Kier molecular flexibility index (Phi) is 11.0. The van der Waals surface area contributed by atoms with Crippen molar-refractivity contribution in [2.75, 3.05) is 52.5 Å². The number of nitrogens with one attached hydrogen (secondary N) is 2. The van der Waals surface area contributed by atoms with E-state index in [4.69, 9.17) is 4.74 Å². The van der Waals surface area contributed by atoms with Gasteiger partial charge in [-0.25, -0.2) is 4.98 Å². The number of rotatable bonds is 8. The average molecular weight is 436 g/mol. The molecular weight excluding hydrogens is 407 g/mol. The number of aromatic nitrogens is 2. The molecule has 23 heavy (non-hydrogen) atoms. The van der Waals surface area contributed by atoms with Gasteiger partial charge in [-0.2, -0.15) is 0 Å². The van der Waals surface area contributed by atoms with Crippen molar-refractivity contribution in [1.29, 1.82) is 0 Å². The van der Waals surface area contributed by atoms with Gasteiger partial charge in [-0.05, 0) is 13.3 Å². The lowest BCUT2D eigenvalue weighted by Gasteiger charge is -2.26. The van der Waals surface area contributed by atoms with Gasteiger partial charge < -0.3 is 19.9 Å². The first-order chi connectivity index (χ1) is 10.9. The molecule has 0 unspecified atom stereocenters. The van der Waals surface area contributed by atoms with Gasteiger partial charge in [-0.3, -0.25) is 9.89 Å². The summed E-state index contributed by atoms with van der Waals surface area (Å²) in [4.78, 5) is 11.1. The van der Waals surface area contributed by atoms with Gasteiger partial charge in [0.05, 0.1) is 19.5 Å². The van der Waals surface area contributed by atoms with Crippen molar-refractivity contribution >= 4 is 29.9 Å². The predicted molar refractivity (Wildman–Crippen MR) is 103 cm³/mol. The fourth-order valence-electron chi connectivity index (χ4n) is 2.37. The number of hydrogen-bond acceptors (Lipinski definition) is 4. The van der Waals surface area contributed by atoms with Crippen LogP contribution in [0.5, 0.6) is 0 Å². The fourth-order valence-corrected chi connectivity index (χ4v) is 2.37. The minimum atomic E-state index is 0. The van der Waals surface area contributed by atoms with E-state index in [0.717, 1.165) is 71.4 Å². The summed E-state index contributed by atoms with van der Waals surface area (Å²) in [5.74, 6) is 0.893. The lowest BCUT2D eigenvalue weighted by Crippen LogP contribution is -2.39. The predicted octanol–water partition coefficient (Wildman–Crippen LogP) is 0.779. The summed E-state index contributed by atoms with van der Waals surface area (Å²) in [6.07, 6.45) is 6.67. The molecule has 2 heterocycles. The molecule has 8 heteroatoms. The molecule has 0 aromatic carbocycles. The summed E-state index contributed by atoms with van der Waals surface area (Å²) in [6, 6.07) is 0. The molecule has 1 saturated heterocycles. The van der Waals surface area contributed by atoms with Crippen LogP contribution < -0.4 is 10.6 Å². The summed E-state index contributed by atoms with van der Waals surface area (Å²) >= 11 is 0. The third kappa shape index (κ3) is 8.52. The highest BCUT2D eigenvalue weighted by Crippen LogP contribution is 1.98. The number of nitrogens with zero attached hydrogens (tertiary/aromatic N) is 4. The van der Waals surface area contributed by atoms with Crippen molar-refractivity contribution in [3.8, 4) is 0 Å². The van der Waals surface area contributed by atoms with E-state index in [9.17, 15) is 0 Å². The second-order valence-corrected chi connectivity index (χ2v) is 5.30. The fraction of sp³-hybridized carbons (Fsp3) is 0.733. The number of morpholine rings is 1. The number of aliphatic imine (C=N–C) groups is 1. The minimum absolute atomic E-state index is 0. The highest BCUT2D eigenvalue weighted by Gasteiger charge is 2.08. The molecule has 0 amide bonds. The summed E-state index contributed by atoms with van der Waals surface area (Å²) in [6.45, 7) is 10.5. The molecule has 0 atom stereocenters. The standard InChI is InChI=1S/C15H28N6O.HI/c1-2-17-15(19-6-9-21-8-5-16-14-21)18-4-3-7-20-10-12-22-13-11-20;/h5,8,14H,2-4,6-7,9-13H2,1H3,(H2,17,18,19);1H. The van der Waals surface area contributed by atoms with Gasteiger partial charge >= 0.3 is 0 Å². The second-order valence-electron chi connectivity index (χ2n) is 5.30. The smallest absolute Gasteiger partial charge is 0.191 e. The van der Waals surface area contributed by atoms with Gasteiger partial charge in [0.25, 0.3) is 0 Å². The Labute approximate surface area is 155 Å². The first-order valence-electron chi connectivity index (χ1n) is 8.16. The summed E-state index contributed by atoms with van der Waals surface area (Å²) in [7, 11) is 0. The molecule has 1 aliphatic rings. The normalized spacial score (nSPS) is 16.0. The molecular formula is C15H29IN6O. The first-order valence-corrected chi connectivity index (χ1v) is 8.16. The van der Waals surface area contributed by atoms with E-state index in [1.54, 1.807) is 6.20 Å². The van der Waals surface area contributed by atoms with Gasteiger partial charge in [0.15, 0.2) is 5.96 Å². The monoisotopic (exact) mass is 436 g/mol. The Bertz CT molecular complexity index is 420. The molecule has 2 rings (SSSR count). The maximum Gasteiger partial charge on any atom is 0.191 e. The number of ether oxygens (including phenoxy) is 1. The third-order valence-electron chi connectivity index (χ3n) is 3.57. The van der Waals surface area contributed by atoms with Crippen LogP contribution in [0.15, 0.2) is 23.7 Å². The van der Waals surface area contributed by atoms with Gasteiger partial charge in [0, 0.05) is 58.2 Å². The summed E-state index contributed by atoms with van der Waals surface area (Å²) < 4.78 is 7.41. The zero-order valence-electron chi connectivity index (χ0n) is 13.9. The van der Waals surface area contributed by atoms with Crippen LogP contribution in [0.2, 0.25) is 0 Å². The molecule has 1 aromatic heterocycles. The molecule has 7 nitrogen and oxygen atoms in total. The number of guanidine groups is 1. The van der Waals surface area contributed by atoms with E-state index in [2.05, 4.69) is 37.0 Å². The maximum absolute atomic E-state index is 5.36. The lowest BCUT2D eigenvalue weighted by molar-refractivity contribution is 0.0377. The number of hydrogen-bond donors (Lipinski definition) is 2. The van der Waals surface area contributed by atoms with Crippen LogP contribution in [-0.4, -0.2) is 72.9 Å². The minimum Gasteiger partial charge on any atom is -0.379 e. The van der Waals surface area contributed by atoms with E-state index >= 15 is 0 Å². The molecule has 0 radical (unpaired) electrons. The molecule has 0 saturated carbocycles. The Morgan fingerprint density at radius 1 is 1.26 bits per heavy atom. The molecule has 0 aliphatic carbocycles. The number of imidazole rings is 1. The Morgan fingerprint density at radius 2 is 2.09 bits per heavy atom. The topological polar surface area (TPSA) is 66.7 Å². The number of halogens is 1. The van der Waals surface area contributed by atoms with Crippen molar-refractivity contribution in [1.82, 2.24) is 25.1 Å².